The third-order valence-corrected chi connectivity index (χ3v) is 5.37. The molecule has 2 aromatic carbocycles. The lowest BCUT2D eigenvalue weighted by Crippen LogP contribution is -2.29. The summed E-state index contributed by atoms with van der Waals surface area (Å²) in [4.78, 5) is 11.5. The fourth-order valence-electron chi connectivity index (χ4n) is 2.41. The van der Waals surface area contributed by atoms with Crippen molar-refractivity contribution in [3.05, 3.63) is 60.3 Å². The molecule has 0 fully saturated rings. The van der Waals surface area contributed by atoms with Gasteiger partial charge in [0.1, 0.15) is 5.75 Å². The Balaban J connectivity index is 2.06. The quantitative estimate of drug-likeness (QED) is 0.424. The Morgan fingerprint density at radius 1 is 1.12 bits per heavy atom. The molecular formula is C16H15N3O4S. The number of methoxy groups -OCH3 is 1. The summed E-state index contributed by atoms with van der Waals surface area (Å²) in [6.45, 7) is 0. The smallest absolute Gasteiger partial charge is 0.268 e. The Hall–Kier alpha value is -2.84. The van der Waals surface area contributed by atoms with Gasteiger partial charge >= 0.3 is 0 Å². The Kier molecular flexibility index (Phi) is 4.00. The third kappa shape index (κ3) is 2.61. The summed E-state index contributed by atoms with van der Waals surface area (Å²) >= 11 is 0. The molecule has 0 radical (unpaired) electrons. The first-order chi connectivity index (χ1) is 11.5. The van der Waals surface area contributed by atoms with Crippen LogP contribution in [0, 0.1) is 0 Å². The predicted octanol–water partition coefficient (Wildman–Crippen LogP) is 1.49. The summed E-state index contributed by atoms with van der Waals surface area (Å²) in [5, 5.41) is 0.747. The number of nitrogen functional groups attached to an aromatic ring is 1. The summed E-state index contributed by atoms with van der Waals surface area (Å²) < 4.78 is 32.0. The number of nitrogens with zero attached hydrogens (tertiary/aromatic N) is 1. The van der Waals surface area contributed by atoms with Crippen molar-refractivity contribution < 1.29 is 17.9 Å². The number of nitrogens with one attached hydrogen (secondary N) is 1. The van der Waals surface area contributed by atoms with Gasteiger partial charge in [-0.25, -0.2) is 18.2 Å². The summed E-state index contributed by atoms with van der Waals surface area (Å²) in [6, 6.07) is 12.4. The highest BCUT2D eigenvalue weighted by atomic mass is 32.2. The molecule has 0 saturated heterocycles. The van der Waals surface area contributed by atoms with Crippen molar-refractivity contribution in [2.24, 2.45) is 5.84 Å². The van der Waals surface area contributed by atoms with Gasteiger partial charge < -0.3 is 4.74 Å². The van der Waals surface area contributed by atoms with Crippen LogP contribution in [0.3, 0.4) is 0 Å². The normalized spacial score (nSPS) is 11.4. The van der Waals surface area contributed by atoms with E-state index in [0.717, 1.165) is 5.39 Å². The Morgan fingerprint density at radius 2 is 1.83 bits per heavy atom. The first-order valence-electron chi connectivity index (χ1n) is 6.99. The molecule has 0 atom stereocenters. The van der Waals surface area contributed by atoms with E-state index in [1.807, 2.05) is 5.43 Å². The largest absolute Gasteiger partial charge is 0.497 e. The lowest BCUT2D eigenvalue weighted by molar-refractivity contribution is 0.0953. The molecule has 1 amide bonds. The number of ether oxygens (including phenoxy) is 1. The van der Waals surface area contributed by atoms with E-state index in [1.165, 1.54) is 34.4 Å². The van der Waals surface area contributed by atoms with Crippen LogP contribution in [0.2, 0.25) is 0 Å². The molecule has 24 heavy (non-hydrogen) atoms. The monoisotopic (exact) mass is 345 g/mol. The molecule has 1 aromatic heterocycles. The SMILES string of the molecule is COc1ccc2c(ccn2S(=O)(=O)c2ccc(C(=O)NN)cc2)c1. The van der Waals surface area contributed by atoms with Gasteiger partial charge in [-0.3, -0.25) is 10.2 Å². The summed E-state index contributed by atoms with van der Waals surface area (Å²) in [6.07, 6.45) is 1.49. The van der Waals surface area contributed by atoms with E-state index in [4.69, 9.17) is 10.6 Å². The molecular weight excluding hydrogens is 330 g/mol. The first-order valence-corrected chi connectivity index (χ1v) is 8.43. The van der Waals surface area contributed by atoms with Gasteiger partial charge in [-0.15, -0.1) is 0 Å². The van der Waals surface area contributed by atoms with Gasteiger partial charge in [0.15, 0.2) is 0 Å². The van der Waals surface area contributed by atoms with E-state index in [-0.39, 0.29) is 10.5 Å². The lowest BCUT2D eigenvalue weighted by atomic mass is 10.2. The van der Waals surface area contributed by atoms with Gasteiger partial charge in [-0.2, -0.15) is 0 Å². The van der Waals surface area contributed by atoms with Crippen molar-refractivity contribution in [2.45, 2.75) is 4.90 Å². The zero-order valence-corrected chi connectivity index (χ0v) is 13.6. The highest BCUT2D eigenvalue weighted by Gasteiger charge is 2.19. The van der Waals surface area contributed by atoms with Gasteiger partial charge in [0.25, 0.3) is 15.9 Å². The molecule has 3 aromatic rings. The topological polar surface area (TPSA) is 103 Å². The van der Waals surface area contributed by atoms with E-state index < -0.39 is 15.9 Å². The fourth-order valence-corrected chi connectivity index (χ4v) is 3.76. The van der Waals surface area contributed by atoms with Crippen LogP contribution in [0.25, 0.3) is 10.9 Å². The highest BCUT2D eigenvalue weighted by molar-refractivity contribution is 7.90. The average Bonchev–Trinajstić information content (AvgIpc) is 3.04. The Labute approximate surface area is 138 Å². The Bertz CT molecular complexity index is 1010. The van der Waals surface area contributed by atoms with Crippen LogP contribution in [0.5, 0.6) is 5.75 Å². The molecule has 0 unspecified atom stereocenters. The van der Waals surface area contributed by atoms with Crippen molar-refractivity contribution in [2.75, 3.05) is 7.11 Å². The minimum Gasteiger partial charge on any atom is -0.497 e. The van der Waals surface area contributed by atoms with Crippen molar-refractivity contribution in [3.8, 4) is 5.75 Å². The number of nitrogens with two attached hydrogens (primary N) is 1. The lowest BCUT2D eigenvalue weighted by Gasteiger charge is -2.09. The number of amides is 1. The molecule has 3 N–H and O–H groups in total. The number of aromatic nitrogens is 1. The van der Waals surface area contributed by atoms with E-state index >= 15 is 0 Å². The second-order valence-electron chi connectivity index (χ2n) is 5.04. The van der Waals surface area contributed by atoms with Crippen LogP contribution in [0.15, 0.2) is 59.6 Å². The summed E-state index contributed by atoms with van der Waals surface area (Å²) in [5.41, 5.74) is 2.81. The number of hydrogen-bond donors (Lipinski definition) is 2. The highest BCUT2D eigenvalue weighted by Crippen LogP contribution is 2.25. The molecule has 0 aliphatic heterocycles. The second-order valence-corrected chi connectivity index (χ2v) is 6.85. The number of carbonyl (C=O) groups is 1. The van der Waals surface area contributed by atoms with Gasteiger partial charge in [-0.1, -0.05) is 0 Å². The molecule has 0 bridgehead atoms. The molecule has 8 heteroatoms. The van der Waals surface area contributed by atoms with Crippen LogP contribution >= 0.6 is 0 Å². The number of fused-ring (bicyclic) bond motifs is 1. The van der Waals surface area contributed by atoms with Crippen LogP contribution in [0.1, 0.15) is 10.4 Å². The zero-order valence-electron chi connectivity index (χ0n) is 12.8. The molecule has 124 valence electrons. The molecule has 3 rings (SSSR count). The standard InChI is InChI=1S/C16H15N3O4S/c1-23-13-4-7-15-12(10-13)8-9-19(15)24(21,22)14-5-2-11(3-6-14)16(20)18-17/h2-10H,17H2,1H3,(H,18,20). The van der Waals surface area contributed by atoms with Crippen LogP contribution < -0.4 is 16.0 Å². The van der Waals surface area contributed by atoms with Gasteiger partial charge in [-0.05, 0) is 48.5 Å². The number of hydrazine groups is 1. The average molecular weight is 345 g/mol. The van der Waals surface area contributed by atoms with Crippen molar-refractivity contribution in [3.63, 3.8) is 0 Å². The van der Waals surface area contributed by atoms with E-state index in [1.54, 1.807) is 31.4 Å². The molecule has 1 heterocycles. The van der Waals surface area contributed by atoms with Gasteiger partial charge in [0.2, 0.25) is 0 Å². The summed E-state index contributed by atoms with van der Waals surface area (Å²) in [7, 11) is -2.23. The van der Waals surface area contributed by atoms with Gasteiger partial charge in [0.05, 0.1) is 17.5 Å². The van der Waals surface area contributed by atoms with E-state index in [2.05, 4.69) is 0 Å². The maximum atomic E-state index is 12.8. The minimum atomic E-state index is -3.78. The number of carbonyl (C=O) groups excluding carboxylic acids is 1. The zero-order chi connectivity index (χ0) is 17.3. The first kappa shape index (κ1) is 16.0. The van der Waals surface area contributed by atoms with Crippen LogP contribution in [0.4, 0.5) is 0 Å². The number of benzene rings is 2. The fraction of sp³-hybridized carbons (Fsp3) is 0.0625. The number of rotatable bonds is 4. The number of hydrogen-bond acceptors (Lipinski definition) is 5. The van der Waals surface area contributed by atoms with Crippen molar-refractivity contribution in [1.82, 2.24) is 9.40 Å². The second kappa shape index (κ2) is 5.99. The molecule has 0 saturated carbocycles. The van der Waals surface area contributed by atoms with Crippen LogP contribution in [-0.4, -0.2) is 25.4 Å². The van der Waals surface area contributed by atoms with Crippen LogP contribution in [-0.2, 0) is 10.0 Å². The molecule has 0 aliphatic carbocycles. The molecule has 0 spiro atoms. The minimum absolute atomic E-state index is 0.0735. The molecule has 7 nitrogen and oxygen atoms in total. The van der Waals surface area contributed by atoms with E-state index in [9.17, 15) is 13.2 Å². The predicted molar refractivity (Wildman–Crippen MR) is 89.2 cm³/mol. The maximum Gasteiger partial charge on any atom is 0.268 e. The van der Waals surface area contributed by atoms with Crippen molar-refractivity contribution in [1.29, 1.82) is 0 Å². The maximum absolute atomic E-state index is 12.8. The molecule has 0 aliphatic rings. The summed E-state index contributed by atoms with van der Waals surface area (Å²) in [5.74, 6) is 5.22. The third-order valence-electron chi connectivity index (χ3n) is 3.67. The van der Waals surface area contributed by atoms with E-state index in [0.29, 0.717) is 11.3 Å². The van der Waals surface area contributed by atoms with Gasteiger partial charge in [0, 0.05) is 17.1 Å². The Morgan fingerprint density at radius 3 is 2.46 bits per heavy atom. The van der Waals surface area contributed by atoms with Crippen molar-refractivity contribution >= 4 is 26.8 Å².